The third-order valence-corrected chi connectivity index (χ3v) is 7.50. The predicted octanol–water partition coefficient (Wildman–Crippen LogP) is 2.47. The Morgan fingerprint density at radius 2 is 2.00 bits per heavy atom. The lowest BCUT2D eigenvalue weighted by Gasteiger charge is -2.36. The van der Waals surface area contributed by atoms with Gasteiger partial charge < -0.3 is 4.79 Å². The molecule has 0 radical (unpaired) electrons. The molecule has 0 aromatic carbocycles. The van der Waals surface area contributed by atoms with Gasteiger partial charge in [0, 0.05) is 5.41 Å². The largest absolute Gasteiger partial charge is 0.303 e. The van der Waals surface area contributed by atoms with Gasteiger partial charge in [-0.1, -0.05) is 45.7 Å². The molecule has 0 amide bonds. The minimum absolute atomic E-state index is 0.0671. The molecule has 2 rings (SSSR count). The van der Waals surface area contributed by atoms with Gasteiger partial charge in [0.2, 0.25) is 0 Å². The normalized spacial score (nSPS) is 49.7. The van der Waals surface area contributed by atoms with Crippen LogP contribution >= 0.6 is 31.9 Å². The summed E-state index contributed by atoms with van der Waals surface area (Å²) in [5.74, 6) is 0.158. The van der Waals surface area contributed by atoms with Crippen LogP contribution in [0.15, 0.2) is 0 Å². The second-order valence-electron chi connectivity index (χ2n) is 4.84. The first-order chi connectivity index (χ1) is 6.33. The number of carbonyl (C=O) groups is 2. The van der Waals surface area contributed by atoms with E-state index in [1.54, 1.807) is 0 Å². The molecule has 0 unspecified atom stereocenters. The summed E-state index contributed by atoms with van der Waals surface area (Å²) < 4.78 is -0.516. The summed E-state index contributed by atoms with van der Waals surface area (Å²) in [6.45, 7) is 3.75. The molecule has 2 bridgehead atoms. The van der Waals surface area contributed by atoms with Gasteiger partial charge in [-0.2, -0.15) is 0 Å². The Hall–Kier alpha value is 0.300. The highest BCUT2D eigenvalue weighted by Crippen LogP contribution is 2.68. The maximum Gasteiger partial charge on any atom is 0.157 e. The maximum atomic E-state index is 12.1. The van der Waals surface area contributed by atoms with Gasteiger partial charge in [0.05, 0.1) is 14.6 Å². The van der Waals surface area contributed by atoms with Crippen LogP contribution in [0.1, 0.15) is 26.7 Å². The van der Waals surface area contributed by atoms with E-state index >= 15 is 0 Å². The molecule has 0 aliphatic heterocycles. The van der Waals surface area contributed by atoms with Gasteiger partial charge in [0.15, 0.2) is 5.78 Å². The van der Waals surface area contributed by atoms with E-state index in [4.69, 9.17) is 0 Å². The number of hydrogen-bond donors (Lipinski definition) is 0. The molecule has 2 aliphatic carbocycles. The van der Waals surface area contributed by atoms with Crippen LogP contribution in [0.25, 0.3) is 0 Å². The molecule has 0 heterocycles. The molecule has 0 aromatic rings. The zero-order chi connectivity index (χ0) is 10.8. The van der Waals surface area contributed by atoms with Crippen LogP contribution in [0.3, 0.4) is 0 Å². The Kier molecular flexibility index (Phi) is 2.08. The monoisotopic (exact) mass is 322 g/mol. The Bertz CT molecular complexity index is 326. The number of fused-ring (bicyclic) bond motifs is 2. The minimum atomic E-state index is -0.551. The van der Waals surface area contributed by atoms with E-state index in [-0.39, 0.29) is 10.6 Å². The van der Waals surface area contributed by atoms with Gasteiger partial charge in [-0.25, -0.2) is 0 Å². The van der Waals surface area contributed by atoms with E-state index < -0.39 is 15.2 Å². The molecule has 3 atom stereocenters. The van der Waals surface area contributed by atoms with E-state index in [1.807, 2.05) is 13.8 Å². The van der Waals surface area contributed by atoms with Crippen molar-refractivity contribution in [1.82, 2.24) is 0 Å². The Morgan fingerprint density at radius 3 is 2.29 bits per heavy atom. The number of carbonyl (C=O) groups excluding carboxylic acids is 2. The number of ketones is 1. The molecule has 2 saturated carbocycles. The van der Waals surface area contributed by atoms with Crippen LogP contribution in [0.5, 0.6) is 0 Å². The van der Waals surface area contributed by atoms with Gasteiger partial charge in [-0.05, 0) is 12.8 Å². The van der Waals surface area contributed by atoms with E-state index in [2.05, 4.69) is 31.9 Å². The van der Waals surface area contributed by atoms with Crippen molar-refractivity contribution in [2.75, 3.05) is 0 Å². The summed E-state index contributed by atoms with van der Waals surface area (Å²) in [7, 11) is 0. The highest BCUT2D eigenvalue weighted by molar-refractivity contribution is 9.13. The average Bonchev–Trinajstić information content (AvgIpc) is 2.45. The van der Waals surface area contributed by atoms with Crippen LogP contribution in [0.2, 0.25) is 0 Å². The molecule has 0 N–H and O–H groups in total. The highest BCUT2D eigenvalue weighted by atomic mass is 79.9. The first-order valence-electron chi connectivity index (χ1n) is 4.67. The number of halogens is 2. The summed E-state index contributed by atoms with van der Waals surface area (Å²) in [5.41, 5.74) is -1.07. The van der Waals surface area contributed by atoms with Crippen molar-refractivity contribution in [2.45, 2.75) is 35.8 Å². The topological polar surface area (TPSA) is 34.1 Å². The van der Waals surface area contributed by atoms with Crippen LogP contribution < -0.4 is 0 Å². The fourth-order valence-electron chi connectivity index (χ4n) is 2.91. The first-order valence-corrected chi connectivity index (χ1v) is 6.38. The number of aldehydes is 1. The smallest absolute Gasteiger partial charge is 0.157 e. The fourth-order valence-corrected chi connectivity index (χ4v) is 5.35. The summed E-state index contributed by atoms with van der Waals surface area (Å²) in [5, 5.41) is 0. The molecule has 2 aliphatic rings. The molecule has 0 spiro atoms. The predicted molar refractivity (Wildman–Crippen MR) is 60.9 cm³/mol. The van der Waals surface area contributed by atoms with Crippen molar-refractivity contribution < 1.29 is 9.59 Å². The number of alkyl halides is 2. The minimum Gasteiger partial charge on any atom is -0.303 e. The Balaban J connectivity index is 2.64. The van der Waals surface area contributed by atoms with Crippen molar-refractivity contribution in [3.63, 3.8) is 0 Å². The van der Waals surface area contributed by atoms with E-state index in [9.17, 15) is 9.59 Å². The van der Waals surface area contributed by atoms with E-state index in [0.29, 0.717) is 0 Å². The molecule has 4 heteroatoms. The lowest BCUT2D eigenvalue weighted by molar-refractivity contribution is -0.136. The SMILES string of the molecule is CC1(C)C(=O)[C@@]2(Br)CC[C@@]1(C=O)[C@H]2Br. The zero-order valence-corrected chi connectivity index (χ0v) is 11.3. The fraction of sp³-hybridized carbons (Fsp3) is 0.800. The molecular formula is C10H12Br2O2. The molecule has 14 heavy (non-hydrogen) atoms. The second-order valence-corrected chi connectivity index (χ2v) is 7.17. The van der Waals surface area contributed by atoms with Gasteiger partial charge in [0.25, 0.3) is 0 Å². The van der Waals surface area contributed by atoms with Crippen molar-refractivity contribution >= 4 is 43.9 Å². The average molecular weight is 324 g/mol. The summed E-state index contributed by atoms with van der Waals surface area (Å²) in [4.78, 5) is 23.4. The summed E-state index contributed by atoms with van der Waals surface area (Å²) in [6, 6.07) is 0. The Labute approximate surface area is 100 Å². The third kappa shape index (κ3) is 0.838. The Morgan fingerprint density at radius 1 is 1.43 bits per heavy atom. The molecular weight excluding hydrogens is 312 g/mol. The lowest BCUT2D eigenvalue weighted by atomic mass is 9.65. The highest BCUT2D eigenvalue weighted by Gasteiger charge is 2.74. The molecule has 78 valence electrons. The zero-order valence-electron chi connectivity index (χ0n) is 8.14. The van der Waals surface area contributed by atoms with Crippen LogP contribution in [-0.4, -0.2) is 21.2 Å². The third-order valence-electron chi connectivity index (χ3n) is 4.08. The lowest BCUT2D eigenvalue weighted by Crippen LogP contribution is -2.43. The van der Waals surface area contributed by atoms with Gasteiger partial charge in [0.1, 0.15) is 6.29 Å². The number of hydrogen-bond acceptors (Lipinski definition) is 2. The van der Waals surface area contributed by atoms with Crippen LogP contribution in [-0.2, 0) is 9.59 Å². The van der Waals surface area contributed by atoms with Crippen molar-refractivity contribution in [1.29, 1.82) is 0 Å². The van der Waals surface area contributed by atoms with Crippen LogP contribution in [0, 0.1) is 10.8 Å². The van der Waals surface area contributed by atoms with Gasteiger partial charge in [-0.15, -0.1) is 0 Å². The molecule has 0 aromatic heterocycles. The number of rotatable bonds is 1. The van der Waals surface area contributed by atoms with Gasteiger partial charge in [-0.3, -0.25) is 4.79 Å². The van der Waals surface area contributed by atoms with Crippen LogP contribution in [0.4, 0.5) is 0 Å². The molecule has 2 fully saturated rings. The van der Waals surface area contributed by atoms with Gasteiger partial charge >= 0.3 is 0 Å². The van der Waals surface area contributed by atoms with Crippen molar-refractivity contribution in [2.24, 2.45) is 10.8 Å². The quantitative estimate of drug-likeness (QED) is 0.549. The molecule has 2 nitrogen and oxygen atoms in total. The van der Waals surface area contributed by atoms with Crippen molar-refractivity contribution in [3.8, 4) is 0 Å². The standard InChI is InChI=1S/C10H12Br2O2/c1-8(2)7(14)10(12)4-3-9(8,5-13)6(10)11/h5-6H,3-4H2,1-2H3/t6-,9-,10-/m1/s1. The van der Waals surface area contributed by atoms with Crippen molar-refractivity contribution in [3.05, 3.63) is 0 Å². The maximum absolute atomic E-state index is 12.1. The number of Topliss-reactive ketones (excluding diaryl/α,β-unsaturated/α-hetero) is 1. The first kappa shape index (κ1) is 10.8. The second kappa shape index (κ2) is 2.70. The summed E-state index contributed by atoms with van der Waals surface area (Å²) in [6.07, 6.45) is 2.51. The summed E-state index contributed by atoms with van der Waals surface area (Å²) >= 11 is 7.04. The van der Waals surface area contributed by atoms with E-state index in [1.165, 1.54) is 0 Å². The van der Waals surface area contributed by atoms with E-state index in [0.717, 1.165) is 19.1 Å². The molecule has 0 saturated heterocycles.